The predicted molar refractivity (Wildman–Crippen MR) is 56.8 cm³/mol. The van der Waals surface area contributed by atoms with Crippen molar-refractivity contribution in [3.8, 4) is 0 Å². The second-order valence-electron chi connectivity index (χ2n) is 3.39. The molecule has 0 aliphatic carbocycles. The quantitative estimate of drug-likeness (QED) is 0.716. The van der Waals surface area contributed by atoms with Crippen LogP contribution in [0.25, 0.3) is 0 Å². The van der Waals surface area contributed by atoms with E-state index in [9.17, 15) is 4.79 Å². The Hall–Kier alpha value is -0.220. The number of nitrogens with zero attached hydrogens (tertiary/aromatic N) is 1. The summed E-state index contributed by atoms with van der Waals surface area (Å²) >= 11 is 1.95. The van der Waals surface area contributed by atoms with E-state index in [0.29, 0.717) is 18.2 Å². The van der Waals surface area contributed by atoms with E-state index in [1.54, 1.807) is 0 Å². The Labute approximate surface area is 84.0 Å². The Morgan fingerprint density at radius 2 is 2.38 bits per heavy atom. The minimum atomic E-state index is 0.220. The first kappa shape index (κ1) is 10.9. The molecule has 13 heavy (non-hydrogen) atoms. The zero-order chi connectivity index (χ0) is 9.68. The Balaban J connectivity index is 2.37. The summed E-state index contributed by atoms with van der Waals surface area (Å²) in [5, 5.41) is 0.690. The zero-order valence-corrected chi connectivity index (χ0v) is 8.98. The average molecular weight is 202 g/mol. The van der Waals surface area contributed by atoms with Crippen LogP contribution >= 0.6 is 11.8 Å². The highest BCUT2D eigenvalue weighted by molar-refractivity contribution is 7.99. The van der Waals surface area contributed by atoms with Crippen molar-refractivity contribution in [2.45, 2.75) is 25.0 Å². The summed E-state index contributed by atoms with van der Waals surface area (Å²) in [6, 6.07) is 0. The van der Waals surface area contributed by atoms with Crippen LogP contribution in [0.1, 0.15) is 19.8 Å². The molecule has 2 N–H and O–H groups in total. The number of carbonyl (C=O) groups is 1. The zero-order valence-electron chi connectivity index (χ0n) is 8.16. The standard InChI is InChI=1S/C9H18N2OS/c1-8-3-5-11(6-7-13-8)9(12)2-4-10/h8H,2-7,10H2,1H3. The van der Waals surface area contributed by atoms with Crippen LogP contribution in [0.2, 0.25) is 0 Å². The van der Waals surface area contributed by atoms with E-state index in [1.165, 1.54) is 0 Å². The van der Waals surface area contributed by atoms with Gasteiger partial charge in [0.05, 0.1) is 0 Å². The number of nitrogens with two attached hydrogens (primary N) is 1. The van der Waals surface area contributed by atoms with Gasteiger partial charge in [0.25, 0.3) is 0 Å². The van der Waals surface area contributed by atoms with Gasteiger partial charge in [-0.25, -0.2) is 0 Å². The maximum absolute atomic E-state index is 11.5. The predicted octanol–water partition coefficient (Wildman–Crippen LogP) is 0.689. The smallest absolute Gasteiger partial charge is 0.223 e. The number of hydrogen-bond donors (Lipinski definition) is 1. The fraction of sp³-hybridized carbons (Fsp3) is 0.889. The van der Waals surface area contributed by atoms with Crippen molar-refractivity contribution < 1.29 is 4.79 Å². The normalized spacial score (nSPS) is 24.2. The van der Waals surface area contributed by atoms with Gasteiger partial charge in [0.1, 0.15) is 0 Å². The van der Waals surface area contributed by atoms with Crippen molar-refractivity contribution in [3.63, 3.8) is 0 Å². The van der Waals surface area contributed by atoms with Gasteiger partial charge in [-0.3, -0.25) is 4.79 Å². The van der Waals surface area contributed by atoms with Gasteiger partial charge in [0.15, 0.2) is 0 Å². The molecular formula is C9H18N2OS. The summed E-state index contributed by atoms with van der Waals surface area (Å²) in [5.41, 5.74) is 5.35. The number of amides is 1. The van der Waals surface area contributed by atoms with E-state index in [-0.39, 0.29) is 5.91 Å². The summed E-state index contributed by atoms with van der Waals surface area (Å²) in [5.74, 6) is 1.29. The Kier molecular flexibility index (Phi) is 4.59. The lowest BCUT2D eigenvalue weighted by Crippen LogP contribution is -2.34. The molecule has 3 nitrogen and oxygen atoms in total. The molecule has 0 saturated carbocycles. The van der Waals surface area contributed by atoms with Crippen LogP contribution in [0.5, 0.6) is 0 Å². The third-order valence-corrected chi connectivity index (χ3v) is 3.50. The monoisotopic (exact) mass is 202 g/mol. The largest absolute Gasteiger partial charge is 0.342 e. The van der Waals surface area contributed by atoms with Crippen LogP contribution in [-0.2, 0) is 4.79 Å². The topological polar surface area (TPSA) is 46.3 Å². The molecule has 0 aromatic rings. The Morgan fingerprint density at radius 3 is 3.08 bits per heavy atom. The molecule has 0 aromatic carbocycles. The molecule has 1 atom stereocenters. The van der Waals surface area contributed by atoms with Gasteiger partial charge in [-0.1, -0.05) is 6.92 Å². The van der Waals surface area contributed by atoms with Crippen molar-refractivity contribution in [1.82, 2.24) is 4.90 Å². The van der Waals surface area contributed by atoms with E-state index in [2.05, 4.69) is 6.92 Å². The van der Waals surface area contributed by atoms with Crippen molar-refractivity contribution in [1.29, 1.82) is 0 Å². The van der Waals surface area contributed by atoms with Crippen LogP contribution in [0.3, 0.4) is 0 Å². The van der Waals surface area contributed by atoms with Crippen LogP contribution in [0.4, 0.5) is 0 Å². The Bertz CT molecular complexity index is 175. The van der Waals surface area contributed by atoms with Gasteiger partial charge in [-0.15, -0.1) is 0 Å². The van der Waals surface area contributed by atoms with E-state index in [1.807, 2.05) is 16.7 Å². The summed E-state index contributed by atoms with van der Waals surface area (Å²) in [6.45, 7) is 4.50. The van der Waals surface area contributed by atoms with Gasteiger partial charge in [0, 0.05) is 37.1 Å². The minimum absolute atomic E-state index is 0.220. The second-order valence-corrected chi connectivity index (χ2v) is 4.94. The third kappa shape index (κ3) is 3.56. The number of hydrogen-bond acceptors (Lipinski definition) is 3. The number of carbonyl (C=O) groups excluding carboxylic acids is 1. The van der Waals surface area contributed by atoms with Crippen molar-refractivity contribution >= 4 is 17.7 Å². The lowest BCUT2D eigenvalue weighted by atomic mass is 10.3. The second kappa shape index (κ2) is 5.50. The van der Waals surface area contributed by atoms with Gasteiger partial charge >= 0.3 is 0 Å². The van der Waals surface area contributed by atoms with Crippen LogP contribution in [-0.4, -0.2) is 41.4 Å². The summed E-state index contributed by atoms with van der Waals surface area (Å²) < 4.78 is 0. The maximum atomic E-state index is 11.5. The first-order valence-corrected chi connectivity index (χ1v) is 5.88. The molecule has 1 aliphatic heterocycles. The van der Waals surface area contributed by atoms with Gasteiger partial charge in [-0.2, -0.15) is 11.8 Å². The highest BCUT2D eigenvalue weighted by Crippen LogP contribution is 2.18. The highest BCUT2D eigenvalue weighted by Gasteiger charge is 2.17. The number of rotatable bonds is 2. The van der Waals surface area contributed by atoms with Crippen molar-refractivity contribution in [3.05, 3.63) is 0 Å². The van der Waals surface area contributed by atoms with E-state index in [0.717, 1.165) is 25.3 Å². The molecule has 1 fully saturated rings. The lowest BCUT2D eigenvalue weighted by Gasteiger charge is -2.19. The molecule has 1 heterocycles. The molecule has 0 aromatic heterocycles. The van der Waals surface area contributed by atoms with E-state index >= 15 is 0 Å². The molecule has 1 saturated heterocycles. The molecule has 1 rings (SSSR count). The summed E-state index contributed by atoms with van der Waals surface area (Å²) in [7, 11) is 0. The average Bonchev–Trinajstić information content (AvgIpc) is 2.30. The Morgan fingerprint density at radius 1 is 1.62 bits per heavy atom. The summed E-state index contributed by atoms with van der Waals surface area (Å²) in [4.78, 5) is 13.4. The number of thioether (sulfide) groups is 1. The minimum Gasteiger partial charge on any atom is -0.342 e. The molecule has 4 heteroatoms. The van der Waals surface area contributed by atoms with Crippen molar-refractivity contribution in [2.75, 3.05) is 25.4 Å². The maximum Gasteiger partial charge on any atom is 0.223 e. The fourth-order valence-electron chi connectivity index (χ4n) is 1.43. The summed E-state index contributed by atoms with van der Waals surface area (Å²) in [6.07, 6.45) is 1.61. The SMILES string of the molecule is CC1CCN(C(=O)CCN)CCS1. The first-order valence-electron chi connectivity index (χ1n) is 4.83. The molecule has 1 unspecified atom stereocenters. The van der Waals surface area contributed by atoms with Crippen molar-refractivity contribution in [2.24, 2.45) is 5.73 Å². The lowest BCUT2D eigenvalue weighted by molar-refractivity contribution is -0.130. The first-order chi connectivity index (χ1) is 6.24. The highest BCUT2D eigenvalue weighted by atomic mass is 32.2. The molecule has 76 valence electrons. The molecule has 0 bridgehead atoms. The van der Waals surface area contributed by atoms with Gasteiger partial charge in [0.2, 0.25) is 5.91 Å². The van der Waals surface area contributed by atoms with Crippen LogP contribution in [0.15, 0.2) is 0 Å². The van der Waals surface area contributed by atoms with Crippen LogP contribution < -0.4 is 5.73 Å². The molecule has 0 spiro atoms. The van der Waals surface area contributed by atoms with Gasteiger partial charge < -0.3 is 10.6 Å². The van der Waals surface area contributed by atoms with Gasteiger partial charge in [-0.05, 0) is 6.42 Å². The third-order valence-electron chi connectivity index (χ3n) is 2.28. The molecule has 0 radical (unpaired) electrons. The fourth-order valence-corrected chi connectivity index (χ4v) is 2.43. The molecule has 1 aliphatic rings. The van der Waals surface area contributed by atoms with Crippen LogP contribution in [0, 0.1) is 0 Å². The molecular weight excluding hydrogens is 184 g/mol. The molecule has 1 amide bonds. The van der Waals surface area contributed by atoms with E-state index < -0.39 is 0 Å². The van der Waals surface area contributed by atoms with E-state index in [4.69, 9.17) is 5.73 Å².